The van der Waals surface area contributed by atoms with Crippen molar-refractivity contribution in [3.05, 3.63) is 70.6 Å². The maximum absolute atomic E-state index is 12.2. The molecule has 0 aliphatic rings. The lowest BCUT2D eigenvalue weighted by atomic mass is 10.2. The summed E-state index contributed by atoms with van der Waals surface area (Å²) in [4.78, 5) is 11.4. The molecule has 19 heavy (non-hydrogen) atoms. The van der Waals surface area contributed by atoms with Crippen molar-refractivity contribution in [2.45, 2.75) is 18.4 Å². The topological polar surface area (TPSA) is 49.7 Å². The van der Waals surface area contributed by atoms with Gasteiger partial charge in [0.2, 0.25) is 0 Å². The first-order chi connectivity index (χ1) is 9.20. The predicted molar refractivity (Wildman–Crippen MR) is 75.4 cm³/mol. The molecule has 98 valence electrons. The summed E-state index contributed by atoms with van der Waals surface area (Å²) < 4.78 is 13.3. The van der Waals surface area contributed by atoms with Gasteiger partial charge < -0.3 is 0 Å². The van der Waals surface area contributed by atoms with E-state index >= 15 is 0 Å². The standard InChI is InChI=1S/C14H14N2O2S/c1-12-7-9-14(10-8-12)19(18)16(15-17)11-13-5-3-2-4-6-13/h2-10H,11H2,1H3. The SMILES string of the molecule is Cc1ccc(S(=O)N(Cc2ccccc2)N=O)cc1. The van der Waals surface area contributed by atoms with E-state index < -0.39 is 11.0 Å². The van der Waals surface area contributed by atoms with Gasteiger partial charge in [-0.15, -0.1) is 4.91 Å². The van der Waals surface area contributed by atoms with Gasteiger partial charge in [0, 0.05) is 0 Å². The van der Waals surface area contributed by atoms with E-state index in [0.29, 0.717) is 4.90 Å². The molecule has 0 aliphatic heterocycles. The molecule has 0 saturated carbocycles. The quantitative estimate of drug-likeness (QED) is 0.621. The minimum atomic E-state index is -1.58. The Kier molecular flexibility index (Phi) is 4.41. The lowest BCUT2D eigenvalue weighted by Crippen LogP contribution is -2.19. The molecule has 0 aliphatic carbocycles. The second kappa shape index (κ2) is 6.24. The van der Waals surface area contributed by atoms with Crippen LogP contribution in [0.2, 0.25) is 0 Å². The molecule has 0 N–H and O–H groups in total. The molecule has 5 heteroatoms. The molecule has 0 bridgehead atoms. The van der Waals surface area contributed by atoms with Crippen LogP contribution >= 0.6 is 0 Å². The number of hydrogen-bond donors (Lipinski definition) is 0. The highest BCUT2D eigenvalue weighted by molar-refractivity contribution is 7.82. The molecule has 0 saturated heterocycles. The molecule has 0 aromatic heterocycles. The number of aryl methyl sites for hydroxylation is 1. The Labute approximate surface area is 114 Å². The number of rotatable bonds is 5. The zero-order chi connectivity index (χ0) is 13.7. The van der Waals surface area contributed by atoms with Crippen LogP contribution in [-0.2, 0) is 17.5 Å². The van der Waals surface area contributed by atoms with E-state index in [1.54, 1.807) is 12.1 Å². The van der Waals surface area contributed by atoms with Gasteiger partial charge in [-0.05, 0) is 24.6 Å². The first kappa shape index (κ1) is 13.4. The molecule has 0 fully saturated rings. The van der Waals surface area contributed by atoms with Crippen LogP contribution in [0, 0.1) is 11.8 Å². The van der Waals surface area contributed by atoms with Crippen LogP contribution < -0.4 is 0 Å². The van der Waals surface area contributed by atoms with E-state index in [4.69, 9.17) is 0 Å². The van der Waals surface area contributed by atoms with E-state index in [2.05, 4.69) is 5.29 Å². The van der Waals surface area contributed by atoms with Gasteiger partial charge in [0.25, 0.3) is 0 Å². The van der Waals surface area contributed by atoms with Crippen molar-refractivity contribution in [3.8, 4) is 0 Å². The van der Waals surface area contributed by atoms with Crippen molar-refractivity contribution >= 4 is 11.0 Å². The number of nitroso groups, excluding NO2 is 1. The van der Waals surface area contributed by atoms with E-state index in [1.807, 2.05) is 49.4 Å². The zero-order valence-corrected chi connectivity index (χ0v) is 11.3. The normalized spacial score (nSPS) is 11.8. The lowest BCUT2D eigenvalue weighted by Gasteiger charge is -2.14. The van der Waals surface area contributed by atoms with Gasteiger partial charge in [-0.1, -0.05) is 48.0 Å². The third-order valence-corrected chi connectivity index (χ3v) is 3.92. The average Bonchev–Trinajstić information content (AvgIpc) is 2.46. The molecule has 4 nitrogen and oxygen atoms in total. The zero-order valence-electron chi connectivity index (χ0n) is 10.5. The van der Waals surface area contributed by atoms with Crippen molar-refractivity contribution in [3.63, 3.8) is 0 Å². The Bertz CT molecular complexity index is 570. The third kappa shape index (κ3) is 3.48. The van der Waals surface area contributed by atoms with Crippen LogP contribution in [0.25, 0.3) is 0 Å². The maximum atomic E-state index is 12.2. The second-order valence-electron chi connectivity index (χ2n) is 4.14. The molecular formula is C14H14N2O2S. The van der Waals surface area contributed by atoms with E-state index in [1.165, 1.54) is 0 Å². The Hall–Kier alpha value is -2.01. The fourth-order valence-electron chi connectivity index (χ4n) is 1.63. The number of nitrogens with zero attached hydrogens (tertiary/aromatic N) is 2. The van der Waals surface area contributed by atoms with Gasteiger partial charge in [-0.3, -0.25) is 0 Å². The highest BCUT2D eigenvalue weighted by Gasteiger charge is 2.14. The van der Waals surface area contributed by atoms with E-state index in [9.17, 15) is 9.12 Å². The van der Waals surface area contributed by atoms with Gasteiger partial charge in [0.05, 0.1) is 16.7 Å². The fourth-order valence-corrected chi connectivity index (χ4v) is 2.57. The van der Waals surface area contributed by atoms with Crippen LogP contribution in [0.5, 0.6) is 0 Å². The van der Waals surface area contributed by atoms with E-state index in [0.717, 1.165) is 15.5 Å². The monoisotopic (exact) mass is 274 g/mol. The molecular weight excluding hydrogens is 260 g/mol. The average molecular weight is 274 g/mol. The molecule has 1 unspecified atom stereocenters. The number of benzene rings is 2. The first-order valence-corrected chi connectivity index (χ1v) is 6.94. The second-order valence-corrected chi connectivity index (χ2v) is 5.53. The van der Waals surface area contributed by atoms with Crippen molar-refractivity contribution in [1.29, 1.82) is 0 Å². The first-order valence-electron chi connectivity index (χ1n) is 5.84. The molecule has 0 amide bonds. The van der Waals surface area contributed by atoms with Crippen LogP contribution in [-0.4, -0.2) is 8.62 Å². The van der Waals surface area contributed by atoms with Gasteiger partial charge in [-0.25, -0.2) is 4.21 Å². The van der Waals surface area contributed by atoms with Gasteiger partial charge in [0.1, 0.15) is 0 Å². The van der Waals surface area contributed by atoms with Crippen molar-refractivity contribution in [2.75, 3.05) is 0 Å². The highest BCUT2D eigenvalue weighted by Crippen LogP contribution is 2.15. The summed E-state index contributed by atoms with van der Waals surface area (Å²) in [5.74, 6) is 0. The van der Waals surface area contributed by atoms with Crippen LogP contribution in [0.4, 0.5) is 0 Å². The fraction of sp³-hybridized carbons (Fsp3) is 0.143. The van der Waals surface area contributed by atoms with Crippen molar-refractivity contribution in [2.24, 2.45) is 5.29 Å². The highest BCUT2D eigenvalue weighted by atomic mass is 32.2. The minimum Gasteiger partial charge on any atom is -0.230 e. The molecule has 0 heterocycles. The molecule has 0 radical (unpaired) electrons. The largest absolute Gasteiger partial charge is 0.230 e. The Morgan fingerprint density at radius 3 is 2.26 bits per heavy atom. The number of hydrogen-bond acceptors (Lipinski definition) is 3. The Morgan fingerprint density at radius 2 is 1.68 bits per heavy atom. The van der Waals surface area contributed by atoms with Gasteiger partial charge in [-0.2, -0.15) is 4.41 Å². The third-order valence-electron chi connectivity index (χ3n) is 2.67. The van der Waals surface area contributed by atoms with Crippen molar-refractivity contribution < 1.29 is 4.21 Å². The van der Waals surface area contributed by atoms with Crippen LogP contribution in [0.1, 0.15) is 11.1 Å². The summed E-state index contributed by atoms with van der Waals surface area (Å²) in [7, 11) is -1.58. The minimum absolute atomic E-state index is 0.227. The Morgan fingerprint density at radius 1 is 1.05 bits per heavy atom. The summed E-state index contributed by atoms with van der Waals surface area (Å²) in [6, 6.07) is 16.6. The summed E-state index contributed by atoms with van der Waals surface area (Å²) in [5.41, 5.74) is 1.97. The maximum Gasteiger partial charge on any atom is 0.171 e. The smallest absolute Gasteiger partial charge is 0.171 e. The molecule has 1 atom stereocenters. The van der Waals surface area contributed by atoms with Crippen molar-refractivity contribution in [1.82, 2.24) is 4.41 Å². The van der Waals surface area contributed by atoms with Crippen LogP contribution in [0.3, 0.4) is 0 Å². The summed E-state index contributed by atoms with van der Waals surface area (Å²) >= 11 is 0. The molecule has 2 aromatic carbocycles. The lowest BCUT2D eigenvalue weighted by molar-refractivity contribution is 0.461. The molecule has 2 rings (SSSR count). The summed E-state index contributed by atoms with van der Waals surface area (Å²) in [6.45, 7) is 2.18. The van der Waals surface area contributed by atoms with Gasteiger partial charge >= 0.3 is 0 Å². The Balaban J connectivity index is 2.15. The summed E-state index contributed by atoms with van der Waals surface area (Å²) in [6.07, 6.45) is 0. The van der Waals surface area contributed by atoms with E-state index in [-0.39, 0.29) is 6.54 Å². The molecule has 2 aromatic rings. The summed E-state index contributed by atoms with van der Waals surface area (Å²) in [5, 5.41) is 2.87. The van der Waals surface area contributed by atoms with Gasteiger partial charge in [0.15, 0.2) is 11.0 Å². The van der Waals surface area contributed by atoms with Crippen LogP contribution in [0.15, 0.2) is 64.8 Å². The molecule has 0 spiro atoms. The predicted octanol–water partition coefficient (Wildman–Crippen LogP) is 3.20.